The van der Waals surface area contributed by atoms with Gasteiger partial charge >= 0.3 is 6.18 Å². The Hall–Kier alpha value is -0.710. The largest absolute Gasteiger partial charge is 0.418 e. The molecule has 0 N–H and O–H groups in total. The molecular weight excluding hydrogens is 175 g/mol. The molecule has 0 saturated carbocycles. The van der Waals surface area contributed by atoms with E-state index < -0.39 is 11.7 Å². The Labute approximate surface area is 66.7 Å². The lowest BCUT2D eigenvalue weighted by molar-refractivity contribution is -0.140. The third-order valence-corrected chi connectivity index (χ3v) is 1.49. The molecule has 0 aliphatic heterocycles. The summed E-state index contributed by atoms with van der Waals surface area (Å²) < 4.78 is 35.9. The van der Waals surface area contributed by atoms with Gasteiger partial charge in [0.2, 0.25) is 0 Å². The van der Waals surface area contributed by atoms with Crippen LogP contribution in [0.5, 0.6) is 0 Å². The lowest BCUT2D eigenvalue weighted by Crippen LogP contribution is -2.06. The zero-order valence-electron chi connectivity index (χ0n) is 5.26. The third kappa shape index (κ3) is 1.86. The van der Waals surface area contributed by atoms with Crippen molar-refractivity contribution in [3.05, 3.63) is 24.0 Å². The molecule has 1 heterocycles. The van der Waals surface area contributed by atoms with Crippen molar-refractivity contribution in [3.8, 4) is 0 Å². The first kappa shape index (κ1) is 8.39. The number of rotatable bonds is 0. The molecule has 0 radical (unpaired) electrons. The zero-order chi connectivity index (χ0) is 8.48. The van der Waals surface area contributed by atoms with Crippen molar-refractivity contribution in [2.24, 2.45) is 0 Å². The first-order valence-corrected chi connectivity index (χ1v) is 3.16. The first-order chi connectivity index (χ1) is 5.02. The van der Waals surface area contributed by atoms with E-state index in [1.807, 2.05) is 0 Å². The number of pyridine rings is 1. The van der Waals surface area contributed by atoms with E-state index in [0.717, 1.165) is 6.20 Å². The molecule has 1 aromatic rings. The molecule has 1 nitrogen and oxygen atoms in total. The van der Waals surface area contributed by atoms with Crippen molar-refractivity contribution >= 4 is 12.6 Å². The SMILES string of the molecule is FC(F)(F)c1cnccc1S. The molecule has 60 valence electrons. The van der Waals surface area contributed by atoms with Crippen LogP contribution in [0, 0.1) is 0 Å². The Morgan fingerprint density at radius 2 is 2.00 bits per heavy atom. The molecule has 1 aromatic heterocycles. The summed E-state index contributed by atoms with van der Waals surface area (Å²) in [6.45, 7) is 0. The van der Waals surface area contributed by atoms with Crippen molar-refractivity contribution in [1.29, 1.82) is 0 Å². The van der Waals surface area contributed by atoms with Gasteiger partial charge in [0.15, 0.2) is 0 Å². The summed E-state index contributed by atoms with van der Waals surface area (Å²) in [4.78, 5) is 3.24. The van der Waals surface area contributed by atoms with E-state index in [1.165, 1.54) is 12.3 Å². The summed E-state index contributed by atoms with van der Waals surface area (Å²) >= 11 is 3.63. The molecule has 5 heteroatoms. The highest BCUT2D eigenvalue weighted by molar-refractivity contribution is 7.80. The van der Waals surface area contributed by atoms with Crippen LogP contribution in [0.3, 0.4) is 0 Å². The highest BCUT2D eigenvalue weighted by Gasteiger charge is 2.32. The molecule has 0 bridgehead atoms. The average Bonchev–Trinajstić information content (AvgIpc) is 1.86. The molecule has 0 amide bonds. The van der Waals surface area contributed by atoms with Gasteiger partial charge < -0.3 is 0 Å². The van der Waals surface area contributed by atoms with E-state index >= 15 is 0 Å². The maximum Gasteiger partial charge on any atom is 0.418 e. The molecule has 0 fully saturated rings. The van der Waals surface area contributed by atoms with Gasteiger partial charge in [0.05, 0.1) is 5.56 Å². The third-order valence-electron chi connectivity index (χ3n) is 1.10. The Kier molecular flexibility index (Phi) is 2.08. The fourth-order valence-corrected chi connectivity index (χ4v) is 0.857. The normalized spacial score (nSPS) is 11.6. The van der Waals surface area contributed by atoms with Crippen molar-refractivity contribution in [2.45, 2.75) is 11.1 Å². The molecule has 11 heavy (non-hydrogen) atoms. The summed E-state index contributed by atoms with van der Waals surface area (Å²) in [6.07, 6.45) is -2.34. The summed E-state index contributed by atoms with van der Waals surface area (Å²) in [5.41, 5.74) is -0.802. The fraction of sp³-hybridized carbons (Fsp3) is 0.167. The number of hydrogen-bond donors (Lipinski definition) is 1. The van der Waals surface area contributed by atoms with Gasteiger partial charge in [-0.25, -0.2) is 0 Å². The summed E-state index contributed by atoms with van der Waals surface area (Å²) in [5.74, 6) is 0. The van der Waals surface area contributed by atoms with Gasteiger partial charge in [0.1, 0.15) is 0 Å². The van der Waals surface area contributed by atoms with Gasteiger partial charge in [-0.05, 0) is 6.07 Å². The highest BCUT2D eigenvalue weighted by Crippen LogP contribution is 2.32. The summed E-state index contributed by atoms with van der Waals surface area (Å²) in [7, 11) is 0. The highest BCUT2D eigenvalue weighted by atomic mass is 32.1. The number of hydrogen-bond acceptors (Lipinski definition) is 2. The zero-order valence-corrected chi connectivity index (χ0v) is 6.15. The molecule has 0 spiro atoms. The number of aromatic nitrogens is 1. The summed E-state index contributed by atoms with van der Waals surface area (Å²) in [5, 5.41) is 0. The fourth-order valence-electron chi connectivity index (χ4n) is 0.606. The van der Waals surface area contributed by atoms with Crippen LogP contribution in [-0.4, -0.2) is 4.98 Å². The molecular formula is C6H4F3NS. The maximum atomic E-state index is 12.0. The van der Waals surface area contributed by atoms with Crippen molar-refractivity contribution in [2.75, 3.05) is 0 Å². The lowest BCUT2D eigenvalue weighted by Gasteiger charge is -2.06. The minimum atomic E-state index is -4.36. The monoisotopic (exact) mass is 179 g/mol. The number of halogens is 3. The van der Waals surface area contributed by atoms with Crippen LogP contribution in [0.4, 0.5) is 13.2 Å². The molecule has 0 saturated heterocycles. The smallest absolute Gasteiger partial charge is 0.264 e. The molecule has 0 aromatic carbocycles. The van der Waals surface area contributed by atoms with Crippen LogP contribution in [0.25, 0.3) is 0 Å². The van der Waals surface area contributed by atoms with Gasteiger partial charge in [-0.15, -0.1) is 12.6 Å². The van der Waals surface area contributed by atoms with Crippen LogP contribution in [0.2, 0.25) is 0 Å². The van der Waals surface area contributed by atoms with Crippen molar-refractivity contribution < 1.29 is 13.2 Å². The van der Waals surface area contributed by atoms with Crippen molar-refractivity contribution in [3.63, 3.8) is 0 Å². The first-order valence-electron chi connectivity index (χ1n) is 2.72. The van der Waals surface area contributed by atoms with Gasteiger partial charge in [0.25, 0.3) is 0 Å². The van der Waals surface area contributed by atoms with E-state index in [4.69, 9.17) is 0 Å². The number of thiol groups is 1. The van der Waals surface area contributed by atoms with E-state index in [9.17, 15) is 13.2 Å². The lowest BCUT2D eigenvalue weighted by atomic mass is 10.3. The molecule has 0 aliphatic rings. The van der Waals surface area contributed by atoms with Crippen LogP contribution >= 0.6 is 12.6 Å². The van der Waals surface area contributed by atoms with Gasteiger partial charge in [-0.3, -0.25) is 4.98 Å². The average molecular weight is 179 g/mol. The van der Waals surface area contributed by atoms with E-state index in [1.54, 1.807) is 0 Å². The summed E-state index contributed by atoms with van der Waals surface area (Å²) in [6, 6.07) is 1.20. The van der Waals surface area contributed by atoms with Gasteiger partial charge in [-0.1, -0.05) is 0 Å². The quantitative estimate of drug-likeness (QED) is 0.603. The van der Waals surface area contributed by atoms with Crippen LogP contribution < -0.4 is 0 Å². The second kappa shape index (κ2) is 2.73. The van der Waals surface area contributed by atoms with Gasteiger partial charge in [0, 0.05) is 17.3 Å². The van der Waals surface area contributed by atoms with Crippen LogP contribution in [0.1, 0.15) is 5.56 Å². The van der Waals surface area contributed by atoms with Crippen LogP contribution in [0.15, 0.2) is 23.4 Å². The molecule has 1 rings (SSSR count). The Morgan fingerprint density at radius 1 is 1.36 bits per heavy atom. The second-order valence-corrected chi connectivity index (χ2v) is 2.37. The topological polar surface area (TPSA) is 12.9 Å². The second-order valence-electron chi connectivity index (χ2n) is 1.89. The van der Waals surface area contributed by atoms with E-state index in [2.05, 4.69) is 17.6 Å². The number of alkyl halides is 3. The van der Waals surface area contributed by atoms with E-state index in [-0.39, 0.29) is 4.90 Å². The molecule has 0 atom stereocenters. The Morgan fingerprint density at radius 3 is 2.36 bits per heavy atom. The molecule has 0 aliphatic carbocycles. The standard InChI is InChI=1S/C6H4F3NS/c7-6(8,9)4-3-10-2-1-5(4)11/h1-3H,(H,10,11). The molecule has 0 unspecified atom stereocenters. The Bertz CT molecular complexity index is 258. The van der Waals surface area contributed by atoms with Gasteiger partial charge in [-0.2, -0.15) is 13.2 Å². The minimum absolute atomic E-state index is 0.104. The Balaban J connectivity index is 3.14. The van der Waals surface area contributed by atoms with E-state index in [0.29, 0.717) is 0 Å². The predicted molar refractivity (Wildman–Crippen MR) is 36.5 cm³/mol. The predicted octanol–water partition coefficient (Wildman–Crippen LogP) is 2.39. The maximum absolute atomic E-state index is 12.0. The minimum Gasteiger partial charge on any atom is -0.264 e. The van der Waals surface area contributed by atoms with Crippen molar-refractivity contribution in [1.82, 2.24) is 4.98 Å². The van der Waals surface area contributed by atoms with Crippen LogP contribution in [-0.2, 0) is 6.18 Å². The number of nitrogens with zero attached hydrogens (tertiary/aromatic N) is 1.